The summed E-state index contributed by atoms with van der Waals surface area (Å²) in [5.41, 5.74) is 0.731. The summed E-state index contributed by atoms with van der Waals surface area (Å²) in [6.07, 6.45) is 1.79. The second-order valence-corrected chi connectivity index (χ2v) is 5.34. The average molecular weight is 290 g/mol. The first-order valence-electron chi connectivity index (χ1n) is 6.16. The number of pyridine rings is 1. The van der Waals surface area contributed by atoms with Crippen molar-refractivity contribution in [3.8, 4) is 0 Å². The van der Waals surface area contributed by atoms with Crippen LogP contribution in [0.5, 0.6) is 0 Å². The van der Waals surface area contributed by atoms with Crippen molar-refractivity contribution < 1.29 is 10.0 Å². The number of nitro groups is 1. The molecule has 20 heavy (non-hydrogen) atoms. The predicted molar refractivity (Wildman–Crippen MR) is 76.7 cm³/mol. The smallest absolute Gasteiger partial charge is 0.269 e. The molecule has 0 radical (unpaired) electrons. The van der Waals surface area contributed by atoms with Crippen molar-refractivity contribution in [1.82, 2.24) is 4.98 Å². The number of nitro benzene ring substituents is 1. The van der Waals surface area contributed by atoms with Gasteiger partial charge in [-0.05, 0) is 30.7 Å². The van der Waals surface area contributed by atoms with Crippen LogP contribution in [-0.2, 0) is 0 Å². The number of benzene rings is 1. The summed E-state index contributed by atoms with van der Waals surface area (Å²) in [5, 5.41) is 20.2. The van der Waals surface area contributed by atoms with E-state index in [2.05, 4.69) is 4.98 Å². The SMILES string of the molecule is CC[C@@H](O)c1ccc(Sc2ccc([N+](=O)[O-])cc2)cn1. The number of rotatable bonds is 5. The Hall–Kier alpha value is -1.92. The topological polar surface area (TPSA) is 76.3 Å². The van der Waals surface area contributed by atoms with Crippen LogP contribution >= 0.6 is 11.8 Å². The highest BCUT2D eigenvalue weighted by molar-refractivity contribution is 7.99. The number of non-ortho nitro benzene ring substituents is 1. The molecule has 2 aromatic rings. The van der Waals surface area contributed by atoms with E-state index < -0.39 is 11.0 Å². The lowest BCUT2D eigenvalue weighted by Gasteiger charge is -2.07. The Labute approximate surface area is 120 Å². The van der Waals surface area contributed by atoms with Crippen LogP contribution in [0.15, 0.2) is 52.4 Å². The molecule has 1 N–H and O–H groups in total. The molecule has 104 valence electrons. The molecule has 0 saturated heterocycles. The minimum atomic E-state index is -0.534. The fourth-order valence-corrected chi connectivity index (χ4v) is 2.42. The number of aliphatic hydroxyl groups is 1. The standard InChI is InChI=1S/C14H14N2O3S/c1-2-14(17)13-8-7-12(9-15-13)20-11-5-3-10(4-6-11)16(18)19/h3-9,14,17H,2H2,1H3/t14-/m1/s1. The third kappa shape index (κ3) is 3.55. The summed E-state index contributed by atoms with van der Waals surface area (Å²) < 4.78 is 0. The molecule has 1 atom stereocenters. The van der Waals surface area contributed by atoms with E-state index in [1.165, 1.54) is 23.9 Å². The molecule has 0 aliphatic carbocycles. The first-order valence-corrected chi connectivity index (χ1v) is 6.98. The second kappa shape index (κ2) is 6.49. The zero-order chi connectivity index (χ0) is 14.5. The molecule has 6 heteroatoms. The quantitative estimate of drug-likeness (QED) is 0.672. The highest BCUT2D eigenvalue weighted by Crippen LogP contribution is 2.29. The summed E-state index contributed by atoms with van der Waals surface area (Å²) in [7, 11) is 0. The van der Waals surface area contributed by atoms with Crippen molar-refractivity contribution >= 4 is 17.4 Å². The third-order valence-electron chi connectivity index (χ3n) is 2.77. The van der Waals surface area contributed by atoms with Crippen molar-refractivity contribution in [2.75, 3.05) is 0 Å². The molecular formula is C14H14N2O3S. The minimum absolute atomic E-state index is 0.0777. The lowest BCUT2D eigenvalue weighted by molar-refractivity contribution is -0.384. The maximum Gasteiger partial charge on any atom is 0.269 e. The summed E-state index contributed by atoms with van der Waals surface area (Å²) in [6, 6.07) is 10.0. The van der Waals surface area contributed by atoms with Crippen LogP contribution in [0.2, 0.25) is 0 Å². The van der Waals surface area contributed by atoms with E-state index in [-0.39, 0.29) is 5.69 Å². The lowest BCUT2D eigenvalue weighted by Crippen LogP contribution is -1.97. The van der Waals surface area contributed by atoms with Gasteiger partial charge in [0.25, 0.3) is 5.69 Å². The van der Waals surface area contributed by atoms with Gasteiger partial charge in [0.1, 0.15) is 0 Å². The van der Waals surface area contributed by atoms with Gasteiger partial charge in [-0.1, -0.05) is 18.7 Å². The zero-order valence-electron chi connectivity index (χ0n) is 10.9. The van der Waals surface area contributed by atoms with E-state index in [1.807, 2.05) is 13.0 Å². The highest BCUT2D eigenvalue weighted by Gasteiger charge is 2.07. The van der Waals surface area contributed by atoms with Crippen molar-refractivity contribution in [3.05, 3.63) is 58.4 Å². The van der Waals surface area contributed by atoms with Gasteiger partial charge in [-0.15, -0.1) is 0 Å². The third-order valence-corrected chi connectivity index (χ3v) is 3.76. The highest BCUT2D eigenvalue weighted by atomic mass is 32.2. The Morgan fingerprint density at radius 1 is 1.25 bits per heavy atom. The van der Waals surface area contributed by atoms with E-state index in [0.717, 1.165) is 9.79 Å². The molecule has 0 saturated carbocycles. The van der Waals surface area contributed by atoms with E-state index in [1.54, 1.807) is 24.4 Å². The lowest BCUT2D eigenvalue weighted by atomic mass is 10.2. The molecule has 0 spiro atoms. The maximum atomic E-state index is 10.6. The average Bonchev–Trinajstić information content (AvgIpc) is 2.48. The molecule has 0 bridgehead atoms. The number of aliphatic hydroxyl groups excluding tert-OH is 1. The van der Waals surface area contributed by atoms with Crippen LogP contribution < -0.4 is 0 Å². The molecule has 0 fully saturated rings. The monoisotopic (exact) mass is 290 g/mol. The Kier molecular flexibility index (Phi) is 4.70. The van der Waals surface area contributed by atoms with E-state index in [9.17, 15) is 15.2 Å². The Morgan fingerprint density at radius 2 is 1.90 bits per heavy atom. The van der Waals surface area contributed by atoms with Crippen LogP contribution in [0.25, 0.3) is 0 Å². The molecule has 1 aromatic carbocycles. The fraction of sp³-hybridized carbons (Fsp3) is 0.214. The van der Waals surface area contributed by atoms with E-state index in [4.69, 9.17) is 0 Å². The van der Waals surface area contributed by atoms with Crippen molar-refractivity contribution in [1.29, 1.82) is 0 Å². The molecule has 1 heterocycles. The van der Waals surface area contributed by atoms with Gasteiger partial charge in [0.05, 0.1) is 16.7 Å². The number of aromatic nitrogens is 1. The first-order chi connectivity index (χ1) is 9.60. The number of nitrogens with zero attached hydrogens (tertiary/aromatic N) is 2. The van der Waals surface area contributed by atoms with Crippen LogP contribution in [0.3, 0.4) is 0 Å². The van der Waals surface area contributed by atoms with Gasteiger partial charge in [-0.25, -0.2) is 0 Å². The van der Waals surface area contributed by atoms with Gasteiger partial charge >= 0.3 is 0 Å². The summed E-state index contributed by atoms with van der Waals surface area (Å²) in [6.45, 7) is 1.89. The molecule has 0 unspecified atom stereocenters. The van der Waals surface area contributed by atoms with E-state index in [0.29, 0.717) is 12.1 Å². The maximum absolute atomic E-state index is 10.6. The Morgan fingerprint density at radius 3 is 2.40 bits per heavy atom. The molecule has 1 aromatic heterocycles. The summed E-state index contributed by atoms with van der Waals surface area (Å²) >= 11 is 1.47. The predicted octanol–water partition coefficient (Wildman–Crippen LogP) is 3.58. The summed E-state index contributed by atoms with van der Waals surface area (Å²) in [4.78, 5) is 16.2. The van der Waals surface area contributed by atoms with Gasteiger partial charge in [0.2, 0.25) is 0 Å². The molecular weight excluding hydrogens is 276 g/mol. The van der Waals surface area contributed by atoms with Crippen molar-refractivity contribution in [3.63, 3.8) is 0 Å². The van der Waals surface area contributed by atoms with Crippen LogP contribution in [-0.4, -0.2) is 15.0 Å². The Bertz CT molecular complexity index is 584. The fourth-order valence-electron chi connectivity index (χ4n) is 1.63. The van der Waals surface area contributed by atoms with Crippen LogP contribution in [0.1, 0.15) is 25.1 Å². The van der Waals surface area contributed by atoms with Gasteiger partial charge < -0.3 is 5.11 Å². The van der Waals surface area contributed by atoms with E-state index >= 15 is 0 Å². The normalized spacial score (nSPS) is 12.1. The largest absolute Gasteiger partial charge is 0.387 e. The summed E-state index contributed by atoms with van der Waals surface area (Å²) in [5.74, 6) is 0. The number of hydrogen-bond donors (Lipinski definition) is 1. The first kappa shape index (κ1) is 14.5. The van der Waals surface area contributed by atoms with Gasteiger partial charge in [0.15, 0.2) is 0 Å². The van der Waals surface area contributed by atoms with Gasteiger partial charge in [0, 0.05) is 28.1 Å². The minimum Gasteiger partial charge on any atom is -0.387 e. The van der Waals surface area contributed by atoms with Crippen molar-refractivity contribution in [2.24, 2.45) is 0 Å². The van der Waals surface area contributed by atoms with Crippen LogP contribution in [0, 0.1) is 10.1 Å². The molecule has 0 aliphatic heterocycles. The molecule has 0 amide bonds. The van der Waals surface area contributed by atoms with Crippen LogP contribution in [0.4, 0.5) is 5.69 Å². The van der Waals surface area contributed by atoms with Gasteiger partial charge in [-0.3, -0.25) is 15.1 Å². The molecule has 2 rings (SSSR count). The molecule has 5 nitrogen and oxygen atoms in total. The Balaban J connectivity index is 2.08. The number of hydrogen-bond acceptors (Lipinski definition) is 5. The molecule has 0 aliphatic rings. The van der Waals surface area contributed by atoms with Crippen molar-refractivity contribution in [2.45, 2.75) is 29.2 Å². The second-order valence-electron chi connectivity index (χ2n) is 4.20. The zero-order valence-corrected chi connectivity index (χ0v) is 11.7. The van der Waals surface area contributed by atoms with Gasteiger partial charge in [-0.2, -0.15) is 0 Å².